The molecule has 0 spiro atoms. The van der Waals surface area contributed by atoms with E-state index in [9.17, 15) is 0 Å². The summed E-state index contributed by atoms with van der Waals surface area (Å²) >= 11 is 1.78. The van der Waals surface area contributed by atoms with Crippen molar-refractivity contribution in [2.24, 2.45) is 5.41 Å². The molecule has 2 nitrogen and oxygen atoms in total. The summed E-state index contributed by atoms with van der Waals surface area (Å²) in [6, 6.07) is 8.31. The second-order valence-corrected chi connectivity index (χ2v) is 6.68. The topological polar surface area (TPSA) is 24.9 Å². The van der Waals surface area contributed by atoms with Gasteiger partial charge in [-0.15, -0.1) is 11.3 Å². The highest BCUT2D eigenvalue weighted by atomic mass is 32.1. The van der Waals surface area contributed by atoms with Gasteiger partial charge in [0.1, 0.15) is 5.01 Å². The van der Waals surface area contributed by atoms with Gasteiger partial charge in [-0.25, -0.2) is 4.98 Å². The Hall–Kier alpha value is -0.930. The molecule has 0 saturated heterocycles. The molecule has 3 heteroatoms. The average molecular weight is 248 g/mol. The van der Waals surface area contributed by atoms with Crippen LogP contribution in [-0.2, 0) is 6.54 Å². The van der Waals surface area contributed by atoms with Crippen LogP contribution < -0.4 is 5.32 Å². The molecule has 1 heterocycles. The van der Waals surface area contributed by atoms with E-state index in [1.165, 1.54) is 16.1 Å². The zero-order valence-corrected chi connectivity index (χ0v) is 11.6. The first-order valence-corrected chi connectivity index (χ1v) is 6.91. The second kappa shape index (κ2) is 5.15. The largest absolute Gasteiger partial charge is 0.310 e. The molecule has 2 rings (SSSR count). The molecule has 92 valence electrons. The maximum absolute atomic E-state index is 4.60. The van der Waals surface area contributed by atoms with Crippen LogP contribution in [0.15, 0.2) is 24.3 Å². The fourth-order valence-electron chi connectivity index (χ4n) is 1.65. The van der Waals surface area contributed by atoms with Crippen molar-refractivity contribution in [2.75, 3.05) is 6.54 Å². The smallest absolute Gasteiger partial charge is 0.108 e. The van der Waals surface area contributed by atoms with Crippen LogP contribution in [0, 0.1) is 5.41 Å². The third kappa shape index (κ3) is 3.79. The summed E-state index contributed by atoms with van der Waals surface area (Å²) in [4.78, 5) is 4.60. The standard InChI is InChI=1S/C14H20N2S/c1-14(2,3)8-9-15-10-13-16-11-6-4-5-7-12(11)17-13/h4-7,15H,8-10H2,1-3H3. The number of thiazole rings is 1. The van der Waals surface area contributed by atoms with Gasteiger partial charge in [0.2, 0.25) is 0 Å². The van der Waals surface area contributed by atoms with Crippen LogP contribution >= 0.6 is 11.3 Å². The molecule has 0 saturated carbocycles. The highest BCUT2D eigenvalue weighted by molar-refractivity contribution is 7.18. The van der Waals surface area contributed by atoms with Crippen LogP contribution in [0.5, 0.6) is 0 Å². The lowest BCUT2D eigenvalue weighted by Crippen LogP contribution is -2.20. The third-order valence-electron chi connectivity index (χ3n) is 2.67. The number of nitrogens with one attached hydrogen (secondary N) is 1. The summed E-state index contributed by atoms with van der Waals surface area (Å²) in [6.45, 7) is 8.75. The van der Waals surface area contributed by atoms with Crippen molar-refractivity contribution in [3.8, 4) is 0 Å². The zero-order valence-electron chi connectivity index (χ0n) is 10.8. The van der Waals surface area contributed by atoms with E-state index >= 15 is 0 Å². The van der Waals surface area contributed by atoms with Crippen LogP contribution in [0.2, 0.25) is 0 Å². The Labute approximate surface area is 107 Å². The van der Waals surface area contributed by atoms with Gasteiger partial charge in [0, 0.05) is 6.54 Å². The van der Waals surface area contributed by atoms with Gasteiger partial charge in [0.15, 0.2) is 0 Å². The van der Waals surface area contributed by atoms with Crippen molar-refractivity contribution in [3.63, 3.8) is 0 Å². The molecule has 0 bridgehead atoms. The van der Waals surface area contributed by atoms with Gasteiger partial charge < -0.3 is 5.32 Å². The molecular formula is C14H20N2S. The Balaban J connectivity index is 1.87. The summed E-state index contributed by atoms with van der Waals surface area (Å²) in [5, 5.41) is 4.65. The van der Waals surface area contributed by atoms with Gasteiger partial charge in [-0.3, -0.25) is 0 Å². The lowest BCUT2D eigenvalue weighted by atomic mass is 9.92. The quantitative estimate of drug-likeness (QED) is 0.832. The van der Waals surface area contributed by atoms with E-state index in [4.69, 9.17) is 0 Å². The lowest BCUT2D eigenvalue weighted by molar-refractivity contribution is 0.366. The number of hydrogen-bond donors (Lipinski definition) is 1. The van der Waals surface area contributed by atoms with Gasteiger partial charge >= 0.3 is 0 Å². The molecule has 0 unspecified atom stereocenters. The van der Waals surface area contributed by atoms with Crippen molar-refractivity contribution in [1.29, 1.82) is 0 Å². The van der Waals surface area contributed by atoms with Crippen molar-refractivity contribution in [1.82, 2.24) is 10.3 Å². The summed E-state index contributed by atoms with van der Waals surface area (Å²) < 4.78 is 1.28. The predicted octanol–water partition coefficient (Wildman–Crippen LogP) is 3.82. The molecule has 0 amide bonds. The SMILES string of the molecule is CC(C)(C)CCNCc1nc2ccccc2s1. The van der Waals surface area contributed by atoms with Gasteiger partial charge in [-0.2, -0.15) is 0 Å². The fraction of sp³-hybridized carbons (Fsp3) is 0.500. The van der Waals surface area contributed by atoms with Gasteiger partial charge in [-0.1, -0.05) is 32.9 Å². The molecule has 17 heavy (non-hydrogen) atoms. The highest BCUT2D eigenvalue weighted by Gasteiger charge is 2.09. The molecule has 2 aromatic rings. The minimum absolute atomic E-state index is 0.403. The monoisotopic (exact) mass is 248 g/mol. The Kier molecular flexibility index (Phi) is 3.79. The third-order valence-corrected chi connectivity index (χ3v) is 3.70. The first-order chi connectivity index (χ1) is 8.04. The van der Waals surface area contributed by atoms with Crippen LogP contribution in [0.1, 0.15) is 32.2 Å². The van der Waals surface area contributed by atoms with Crippen LogP contribution in [0.25, 0.3) is 10.2 Å². The lowest BCUT2D eigenvalue weighted by Gasteiger charge is -2.17. The van der Waals surface area contributed by atoms with E-state index in [0.29, 0.717) is 5.41 Å². The van der Waals surface area contributed by atoms with Crippen molar-refractivity contribution >= 4 is 21.6 Å². The van der Waals surface area contributed by atoms with E-state index < -0.39 is 0 Å². The minimum Gasteiger partial charge on any atom is -0.310 e. The van der Waals surface area contributed by atoms with E-state index in [0.717, 1.165) is 18.6 Å². The number of nitrogens with zero attached hydrogens (tertiary/aromatic N) is 1. The number of para-hydroxylation sites is 1. The summed E-state index contributed by atoms with van der Waals surface area (Å²) in [5.41, 5.74) is 1.52. The van der Waals surface area contributed by atoms with Crippen LogP contribution in [0.4, 0.5) is 0 Å². The first-order valence-electron chi connectivity index (χ1n) is 6.10. The molecule has 0 fully saturated rings. The second-order valence-electron chi connectivity index (χ2n) is 5.56. The van der Waals surface area contributed by atoms with Crippen LogP contribution in [-0.4, -0.2) is 11.5 Å². The predicted molar refractivity (Wildman–Crippen MR) is 75.4 cm³/mol. The molecule has 0 aliphatic rings. The van der Waals surface area contributed by atoms with Crippen molar-refractivity contribution in [2.45, 2.75) is 33.7 Å². The van der Waals surface area contributed by atoms with Gasteiger partial charge in [0.25, 0.3) is 0 Å². The average Bonchev–Trinajstić information content (AvgIpc) is 2.65. The number of benzene rings is 1. The Morgan fingerprint density at radius 3 is 2.71 bits per heavy atom. The van der Waals surface area contributed by atoms with Gasteiger partial charge in [-0.05, 0) is 30.5 Å². The summed E-state index contributed by atoms with van der Waals surface area (Å²) in [5.74, 6) is 0. The van der Waals surface area contributed by atoms with Crippen molar-refractivity contribution < 1.29 is 0 Å². The first kappa shape index (κ1) is 12.5. The number of fused-ring (bicyclic) bond motifs is 1. The molecule has 1 aromatic heterocycles. The Bertz CT molecular complexity index is 449. The molecule has 0 atom stereocenters. The normalized spacial score (nSPS) is 12.2. The maximum Gasteiger partial charge on any atom is 0.108 e. The molecule has 1 N–H and O–H groups in total. The maximum atomic E-state index is 4.60. The molecule has 0 radical (unpaired) electrons. The van der Waals surface area contributed by atoms with E-state index in [2.05, 4.69) is 49.3 Å². The van der Waals surface area contributed by atoms with E-state index in [1.54, 1.807) is 11.3 Å². The van der Waals surface area contributed by atoms with Crippen molar-refractivity contribution in [3.05, 3.63) is 29.3 Å². The Morgan fingerprint density at radius 1 is 1.24 bits per heavy atom. The number of rotatable bonds is 4. The highest BCUT2D eigenvalue weighted by Crippen LogP contribution is 2.21. The van der Waals surface area contributed by atoms with Crippen LogP contribution in [0.3, 0.4) is 0 Å². The zero-order chi connectivity index (χ0) is 12.3. The molecule has 0 aliphatic carbocycles. The molecule has 0 aliphatic heterocycles. The molecule has 1 aromatic carbocycles. The molecular weight excluding hydrogens is 228 g/mol. The number of hydrogen-bond acceptors (Lipinski definition) is 3. The minimum atomic E-state index is 0.403. The fourth-order valence-corrected chi connectivity index (χ4v) is 2.59. The van der Waals surface area contributed by atoms with Gasteiger partial charge in [0.05, 0.1) is 10.2 Å². The summed E-state index contributed by atoms with van der Waals surface area (Å²) in [7, 11) is 0. The summed E-state index contributed by atoms with van der Waals surface area (Å²) in [6.07, 6.45) is 1.19. The van der Waals surface area contributed by atoms with E-state index in [-0.39, 0.29) is 0 Å². The Morgan fingerprint density at radius 2 is 2.00 bits per heavy atom. The van der Waals surface area contributed by atoms with E-state index in [1.807, 2.05) is 6.07 Å². The number of aromatic nitrogens is 1.